The van der Waals surface area contributed by atoms with Crippen molar-refractivity contribution in [2.24, 2.45) is 0 Å². The van der Waals surface area contributed by atoms with Gasteiger partial charge < -0.3 is 15.8 Å². The van der Waals surface area contributed by atoms with Gasteiger partial charge in [-0.1, -0.05) is 47.7 Å². The first kappa shape index (κ1) is 18.2. The highest BCUT2D eigenvalue weighted by atomic mass is 16.5. The zero-order valence-corrected chi connectivity index (χ0v) is 15.5. The number of nitrogens with zero attached hydrogens (tertiary/aromatic N) is 3. The molecule has 7 heteroatoms. The molecule has 3 N–H and O–H groups in total. The van der Waals surface area contributed by atoms with Gasteiger partial charge in [0.1, 0.15) is 11.5 Å². The van der Waals surface area contributed by atoms with Crippen LogP contribution in [0.1, 0.15) is 16.1 Å². The number of nitrogens with two attached hydrogens (primary N) is 1. The number of aromatic nitrogens is 3. The zero-order chi connectivity index (χ0) is 20.1. The number of benzene rings is 3. The summed E-state index contributed by atoms with van der Waals surface area (Å²) in [7, 11) is 0. The number of anilines is 2. The summed E-state index contributed by atoms with van der Waals surface area (Å²) in [6.07, 6.45) is 1.60. The Morgan fingerprint density at radius 1 is 0.966 bits per heavy atom. The van der Waals surface area contributed by atoms with Gasteiger partial charge >= 0.3 is 0 Å². The molecule has 0 aliphatic rings. The molecule has 0 aliphatic carbocycles. The van der Waals surface area contributed by atoms with Crippen molar-refractivity contribution in [1.82, 2.24) is 15.0 Å². The first-order chi connectivity index (χ1) is 14.2. The molecule has 0 fully saturated rings. The Morgan fingerprint density at radius 3 is 2.55 bits per heavy atom. The monoisotopic (exact) mass is 385 g/mol. The Kier molecular flexibility index (Phi) is 5.20. The van der Waals surface area contributed by atoms with Crippen molar-refractivity contribution in [3.8, 4) is 11.5 Å². The summed E-state index contributed by atoms with van der Waals surface area (Å²) in [5.74, 6) is 1.13. The molecule has 0 unspecified atom stereocenters. The molecule has 29 heavy (non-hydrogen) atoms. The minimum Gasteiger partial charge on any atom is -0.457 e. The molecule has 0 atom stereocenters. The maximum absolute atomic E-state index is 12.4. The molecule has 4 rings (SSSR count). The molecule has 7 nitrogen and oxygen atoms in total. The Hall–Kier alpha value is -4.13. The van der Waals surface area contributed by atoms with Crippen LogP contribution < -0.4 is 15.8 Å². The molecular formula is C22H19N5O2. The number of amides is 1. The van der Waals surface area contributed by atoms with Gasteiger partial charge in [0.2, 0.25) is 0 Å². The molecule has 0 aliphatic heterocycles. The highest BCUT2D eigenvalue weighted by molar-refractivity contribution is 6.04. The van der Waals surface area contributed by atoms with Crippen LogP contribution in [-0.4, -0.2) is 20.9 Å². The largest absolute Gasteiger partial charge is 0.457 e. The quantitative estimate of drug-likeness (QED) is 0.490. The van der Waals surface area contributed by atoms with Gasteiger partial charge in [-0.25, -0.2) is 4.68 Å². The SMILES string of the molecule is Nc1ccccc1NC(=O)c1cn(Cc2cccc(Oc3ccccc3)c2)nn1. The summed E-state index contributed by atoms with van der Waals surface area (Å²) >= 11 is 0. The van der Waals surface area contributed by atoms with Crippen molar-refractivity contribution in [2.45, 2.75) is 6.54 Å². The fourth-order valence-electron chi connectivity index (χ4n) is 2.80. The lowest BCUT2D eigenvalue weighted by Crippen LogP contribution is -2.13. The van der Waals surface area contributed by atoms with Crippen LogP contribution >= 0.6 is 0 Å². The summed E-state index contributed by atoms with van der Waals surface area (Å²) in [4.78, 5) is 12.4. The molecular weight excluding hydrogens is 366 g/mol. The first-order valence-electron chi connectivity index (χ1n) is 9.05. The molecule has 0 saturated heterocycles. The third kappa shape index (κ3) is 4.59. The smallest absolute Gasteiger partial charge is 0.277 e. The van der Waals surface area contributed by atoms with E-state index in [4.69, 9.17) is 10.5 Å². The number of nitrogens with one attached hydrogen (secondary N) is 1. The summed E-state index contributed by atoms with van der Waals surface area (Å²) in [5, 5.41) is 10.7. The van der Waals surface area contributed by atoms with E-state index in [1.165, 1.54) is 0 Å². The van der Waals surface area contributed by atoms with Gasteiger partial charge in [0.15, 0.2) is 5.69 Å². The lowest BCUT2D eigenvalue weighted by molar-refractivity contribution is 0.102. The lowest BCUT2D eigenvalue weighted by Gasteiger charge is -2.07. The average molecular weight is 385 g/mol. The van der Waals surface area contributed by atoms with Crippen LogP contribution in [0.25, 0.3) is 0 Å². The number of ether oxygens (including phenoxy) is 1. The van der Waals surface area contributed by atoms with E-state index in [9.17, 15) is 4.79 Å². The Labute approximate surface area is 167 Å². The lowest BCUT2D eigenvalue weighted by atomic mass is 10.2. The predicted molar refractivity (Wildman–Crippen MR) is 111 cm³/mol. The Bertz CT molecular complexity index is 1120. The number of hydrogen-bond donors (Lipinski definition) is 2. The molecule has 1 aromatic heterocycles. The molecule has 0 saturated carbocycles. The second kappa shape index (κ2) is 8.26. The fourth-order valence-corrected chi connectivity index (χ4v) is 2.80. The van der Waals surface area contributed by atoms with Crippen LogP contribution in [0.2, 0.25) is 0 Å². The normalized spacial score (nSPS) is 10.5. The van der Waals surface area contributed by atoms with Crippen molar-refractivity contribution >= 4 is 17.3 Å². The number of hydrogen-bond acceptors (Lipinski definition) is 5. The number of para-hydroxylation sites is 3. The van der Waals surface area contributed by atoms with E-state index in [1.54, 1.807) is 35.1 Å². The molecule has 0 bridgehead atoms. The number of nitrogen functional groups attached to an aromatic ring is 1. The summed E-state index contributed by atoms with van der Waals surface area (Å²) in [6.45, 7) is 0.458. The molecule has 1 heterocycles. The van der Waals surface area contributed by atoms with Crippen molar-refractivity contribution in [1.29, 1.82) is 0 Å². The standard InChI is InChI=1S/C22H19N5O2/c23-19-11-4-5-12-20(19)24-22(28)21-15-27(26-25-21)14-16-7-6-10-18(13-16)29-17-8-2-1-3-9-17/h1-13,15H,14,23H2,(H,24,28). The number of rotatable bonds is 6. The highest BCUT2D eigenvalue weighted by Crippen LogP contribution is 2.22. The minimum absolute atomic E-state index is 0.213. The Morgan fingerprint density at radius 2 is 1.72 bits per heavy atom. The van der Waals surface area contributed by atoms with Crippen LogP contribution in [0, 0.1) is 0 Å². The Balaban J connectivity index is 1.43. The second-order valence-electron chi connectivity index (χ2n) is 6.41. The van der Waals surface area contributed by atoms with Crippen molar-refractivity contribution in [3.63, 3.8) is 0 Å². The topological polar surface area (TPSA) is 95.1 Å². The number of carbonyl (C=O) groups is 1. The maximum atomic E-state index is 12.4. The van der Waals surface area contributed by atoms with Crippen molar-refractivity contribution < 1.29 is 9.53 Å². The molecule has 1 amide bonds. The van der Waals surface area contributed by atoms with Crippen LogP contribution in [0.4, 0.5) is 11.4 Å². The van der Waals surface area contributed by atoms with Gasteiger partial charge in [0.05, 0.1) is 24.1 Å². The first-order valence-corrected chi connectivity index (χ1v) is 9.05. The molecule has 144 valence electrons. The third-order valence-corrected chi connectivity index (χ3v) is 4.20. The number of carbonyl (C=O) groups excluding carboxylic acids is 1. The van der Waals surface area contributed by atoms with Crippen molar-refractivity contribution in [3.05, 3.63) is 96.3 Å². The van der Waals surface area contributed by atoms with E-state index in [-0.39, 0.29) is 11.6 Å². The van der Waals surface area contributed by atoms with E-state index in [0.29, 0.717) is 17.9 Å². The summed E-state index contributed by atoms with van der Waals surface area (Å²) in [6, 6.07) is 24.3. The minimum atomic E-state index is -0.365. The van der Waals surface area contributed by atoms with Gasteiger partial charge in [-0.15, -0.1) is 5.10 Å². The van der Waals surface area contributed by atoms with E-state index in [0.717, 1.165) is 17.1 Å². The van der Waals surface area contributed by atoms with Crippen molar-refractivity contribution in [2.75, 3.05) is 11.1 Å². The van der Waals surface area contributed by atoms with Gasteiger partial charge in [0.25, 0.3) is 5.91 Å². The molecule has 0 radical (unpaired) electrons. The van der Waals surface area contributed by atoms with Gasteiger partial charge in [-0.3, -0.25) is 4.79 Å². The van der Waals surface area contributed by atoms with E-state index in [2.05, 4.69) is 15.6 Å². The molecule has 0 spiro atoms. The fraction of sp³-hybridized carbons (Fsp3) is 0.0455. The highest BCUT2D eigenvalue weighted by Gasteiger charge is 2.12. The zero-order valence-electron chi connectivity index (χ0n) is 15.5. The van der Waals surface area contributed by atoms with E-state index >= 15 is 0 Å². The van der Waals surface area contributed by atoms with Gasteiger partial charge in [0, 0.05) is 0 Å². The third-order valence-electron chi connectivity index (χ3n) is 4.20. The summed E-state index contributed by atoms with van der Waals surface area (Å²) in [5.41, 5.74) is 8.07. The summed E-state index contributed by atoms with van der Waals surface area (Å²) < 4.78 is 7.46. The van der Waals surface area contributed by atoms with Crippen LogP contribution in [0.5, 0.6) is 11.5 Å². The van der Waals surface area contributed by atoms with Crippen LogP contribution in [-0.2, 0) is 6.54 Å². The van der Waals surface area contributed by atoms with E-state index < -0.39 is 0 Å². The van der Waals surface area contributed by atoms with Gasteiger partial charge in [-0.05, 0) is 42.0 Å². The predicted octanol–water partition coefficient (Wildman–Crippen LogP) is 3.95. The molecule has 4 aromatic rings. The average Bonchev–Trinajstić information content (AvgIpc) is 3.19. The van der Waals surface area contributed by atoms with Crippen LogP contribution in [0.15, 0.2) is 85.1 Å². The van der Waals surface area contributed by atoms with Crippen LogP contribution in [0.3, 0.4) is 0 Å². The maximum Gasteiger partial charge on any atom is 0.277 e. The molecule has 3 aromatic carbocycles. The second-order valence-corrected chi connectivity index (χ2v) is 6.41. The van der Waals surface area contributed by atoms with Gasteiger partial charge in [-0.2, -0.15) is 0 Å². The van der Waals surface area contributed by atoms with E-state index in [1.807, 2.05) is 54.6 Å².